The zero-order valence-corrected chi connectivity index (χ0v) is 25.0. The van der Waals surface area contributed by atoms with Crippen LogP contribution < -0.4 is 21.7 Å². The predicted molar refractivity (Wildman–Crippen MR) is 171 cm³/mol. The summed E-state index contributed by atoms with van der Waals surface area (Å²) in [5, 5.41) is 27.7. The van der Waals surface area contributed by atoms with Crippen LogP contribution in [-0.4, -0.2) is 69.0 Å². The number of hydrogen-bond acceptors (Lipinski definition) is 6. The molecule has 1 heterocycles. The highest BCUT2D eigenvalue weighted by Crippen LogP contribution is 2.19. The molecule has 0 saturated heterocycles. The highest BCUT2D eigenvalue weighted by molar-refractivity contribution is 5.94. The Hall–Kier alpha value is -5.49. The average Bonchev–Trinajstić information content (AvgIpc) is 3.46. The fraction of sp³-hybridized carbons (Fsp3) is 0.265. The van der Waals surface area contributed by atoms with Crippen molar-refractivity contribution in [1.82, 2.24) is 20.9 Å². The van der Waals surface area contributed by atoms with Gasteiger partial charge in [-0.1, -0.05) is 78.9 Å². The third kappa shape index (κ3) is 9.50. The van der Waals surface area contributed by atoms with Crippen LogP contribution in [0.2, 0.25) is 0 Å². The highest BCUT2D eigenvalue weighted by atomic mass is 16.4. The summed E-state index contributed by atoms with van der Waals surface area (Å²) in [5.74, 6) is -4.48. The van der Waals surface area contributed by atoms with Gasteiger partial charge in [0.05, 0.1) is 6.04 Å². The maximum Gasteiger partial charge on any atom is 0.326 e. The fourth-order valence-corrected chi connectivity index (χ4v) is 5.07. The Kier molecular flexibility index (Phi) is 11.6. The molecular formula is C34H37N5O7. The Labute approximate surface area is 265 Å². The van der Waals surface area contributed by atoms with Crippen molar-refractivity contribution in [3.63, 3.8) is 0 Å². The van der Waals surface area contributed by atoms with Gasteiger partial charge in [-0.25, -0.2) is 4.79 Å². The molecule has 4 unspecified atom stereocenters. The van der Waals surface area contributed by atoms with Gasteiger partial charge in [-0.2, -0.15) is 0 Å². The number of aromatic nitrogens is 1. The number of rotatable bonds is 16. The Morgan fingerprint density at radius 2 is 1.15 bits per heavy atom. The molecule has 0 aliphatic heterocycles. The monoisotopic (exact) mass is 627 g/mol. The number of carbonyl (C=O) groups excluding carboxylic acids is 3. The second-order valence-electron chi connectivity index (χ2n) is 11.0. The molecule has 4 rings (SSSR count). The number of carboxylic acid groups (broad SMARTS) is 2. The number of benzene rings is 3. The largest absolute Gasteiger partial charge is 0.481 e. The third-order valence-corrected chi connectivity index (χ3v) is 7.55. The summed E-state index contributed by atoms with van der Waals surface area (Å²) in [6.45, 7) is 0. The number of amides is 3. The molecule has 0 bridgehead atoms. The smallest absolute Gasteiger partial charge is 0.326 e. The number of aromatic amines is 1. The highest BCUT2D eigenvalue weighted by Gasteiger charge is 2.31. The van der Waals surface area contributed by atoms with Crippen molar-refractivity contribution < 1.29 is 34.2 Å². The lowest BCUT2D eigenvalue weighted by molar-refractivity contribution is -0.142. The van der Waals surface area contributed by atoms with Crippen LogP contribution in [0.4, 0.5) is 0 Å². The van der Waals surface area contributed by atoms with Crippen LogP contribution in [0.1, 0.15) is 29.5 Å². The molecule has 3 amide bonds. The molecule has 0 aliphatic rings. The van der Waals surface area contributed by atoms with E-state index in [0.717, 1.165) is 16.5 Å². The van der Waals surface area contributed by atoms with E-state index in [1.807, 2.05) is 24.3 Å². The number of fused-ring (bicyclic) bond motifs is 1. The van der Waals surface area contributed by atoms with E-state index in [0.29, 0.717) is 11.1 Å². The summed E-state index contributed by atoms with van der Waals surface area (Å²) in [7, 11) is 0. The second-order valence-corrected chi connectivity index (χ2v) is 11.0. The molecule has 0 saturated carbocycles. The van der Waals surface area contributed by atoms with Gasteiger partial charge < -0.3 is 36.9 Å². The lowest BCUT2D eigenvalue weighted by Gasteiger charge is -2.25. The third-order valence-electron chi connectivity index (χ3n) is 7.55. The van der Waals surface area contributed by atoms with Gasteiger partial charge in [0.15, 0.2) is 0 Å². The molecule has 4 atom stereocenters. The van der Waals surface area contributed by atoms with Gasteiger partial charge >= 0.3 is 11.9 Å². The minimum atomic E-state index is -1.30. The lowest BCUT2D eigenvalue weighted by atomic mass is 10.0. The van der Waals surface area contributed by atoms with Gasteiger partial charge in [0.2, 0.25) is 17.7 Å². The van der Waals surface area contributed by atoms with Gasteiger partial charge in [0, 0.05) is 42.8 Å². The molecule has 0 radical (unpaired) electrons. The molecule has 12 heteroatoms. The normalized spacial score (nSPS) is 13.6. The first-order valence-electron chi connectivity index (χ1n) is 14.8. The zero-order valence-electron chi connectivity index (χ0n) is 25.0. The molecule has 0 spiro atoms. The molecule has 8 N–H and O–H groups in total. The predicted octanol–water partition coefficient (Wildman–Crippen LogP) is 1.93. The number of nitrogens with two attached hydrogens (primary N) is 1. The molecule has 12 nitrogen and oxygen atoms in total. The lowest BCUT2D eigenvalue weighted by Crippen LogP contribution is -2.58. The van der Waals surface area contributed by atoms with Crippen LogP contribution in [0.3, 0.4) is 0 Å². The van der Waals surface area contributed by atoms with E-state index < -0.39 is 53.8 Å². The second kappa shape index (κ2) is 16.0. The first-order valence-corrected chi connectivity index (χ1v) is 14.8. The van der Waals surface area contributed by atoms with E-state index in [-0.39, 0.29) is 32.1 Å². The Bertz CT molecular complexity index is 1660. The minimum Gasteiger partial charge on any atom is -0.481 e. The first kappa shape index (κ1) is 33.4. The topological polar surface area (TPSA) is 204 Å². The van der Waals surface area contributed by atoms with E-state index in [1.165, 1.54) is 0 Å². The molecule has 3 aromatic carbocycles. The van der Waals surface area contributed by atoms with E-state index in [4.69, 9.17) is 10.8 Å². The van der Waals surface area contributed by atoms with Crippen LogP contribution >= 0.6 is 0 Å². The van der Waals surface area contributed by atoms with E-state index in [2.05, 4.69) is 20.9 Å². The van der Waals surface area contributed by atoms with Crippen molar-refractivity contribution in [3.8, 4) is 0 Å². The van der Waals surface area contributed by atoms with Crippen molar-refractivity contribution in [1.29, 1.82) is 0 Å². The Morgan fingerprint density at radius 1 is 0.652 bits per heavy atom. The SMILES string of the molecule is NC(CCC(=O)O)C(=O)NC(Cc1ccccc1)C(=O)NC(Cc1ccccc1)C(=O)NC(Cc1c[nH]c2ccccc12)C(=O)O. The summed E-state index contributed by atoms with van der Waals surface area (Å²) in [4.78, 5) is 66.7. The molecular weight excluding hydrogens is 590 g/mol. The molecule has 240 valence electrons. The molecule has 46 heavy (non-hydrogen) atoms. The Morgan fingerprint density at radius 3 is 1.70 bits per heavy atom. The van der Waals surface area contributed by atoms with E-state index in [1.54, 1.807) is 66.9 Å². The van der Waals surface area contributed by atoms with Crippen LogP contribution in [0.15, 0.2) is 91.1 Å². The number of hydrogen-bond donors (Lipinski definition) is 7. The van der Waals surface area contributed by atoms with Crippen LogP contribution in [-0.2, 0) is 43.2 Å². The molecule has 1 aromatic heterocycles. The van der Waals surface area contributed by atoms with Gasteiger partial charge in [-0.15, -0.1) is 0 Å². The number of para-hydroxylation sites is 1. The standard InChI is InChI=1S/C34H37N5O7/c35-25(15-16-30(40)41)31(42)37-27(17-21-9-3-1-4-10-21)32(43)38-28(18-22-11-5-2-6-12-22)33(44)39-29(34(45)46)19-23-20-36-26-14-8-7-13-24(23)26/h1-14,20,25,27-29,36H,15-19,35H2,(H,37,42)(H,38,43)(H,39,44)(H,40,41)(H,45,46). The maximum atomic E-state index is 13.7. The summed E-state index contributed by atoms with van der Waals surface area (Å²) < 4.78 is 0. The van der Waals surface area contributed by atoms with Crippen LogP contribution in [0.5, 0.6) is 0 Å². The van der Waals surface area contributed by atoms with Crippen molar-refractivity contribution in [2.75, 3.05) is 0 Å². The summed E-state index contributed by atoms with van der Waals surface area (Å²) in [6, 6.07) is 20.4. The number of H-pyrrole nitrogens is 1. The zero-order chi connectivity index (χ0) is 33.1. The molecule has 0 aliphatic carbocycles. The van der Waals surface area contributed by atoms with Gasteiger partial charge in [0.25, 0.3) is 0 Å². The minimum absolute atomic E-state index is 0.00197. The maximum absolute atomic E-state index is 13.7. The fourth-order valence-electron chi connectivity index (χ4n) is 5.07. The molecule has 0 fully saturated rings. The van der Waals surface area contributed by atoms with Gasteiger partial charge in [0.1, 0.15) is 18.1 Å². The molecule has 4 aromatic rings. The number of carboxylic acids is 2. The van der Waals surface area contributed by atoms with Crippen molar-refractivity contribution in [2.24, 2.45) is 5.73 Å². The Balaban J connectivity index is 1.55. The average molecular weight is 628 g/mol. The van der Waals surface area contributed by atoms with Gasteiger partial charge in [-0.3, -0.25) is 19.2 Å². The van der Waals surface area contributed by atoms with Crippen molar-refractivity contribution >= 4 is 40.6 Å². The quantitative estimate of drug-likeness (QED) is 0.0975. The van der Waals surface area contributed by atoms with Crippen molar-refractivity contribution in [2.45, 2.75) is 56.3 Å². The number of carbonyl (C=O) groups is 5. The van der Waals surface area contributed by atoms with Crippen LogP contribution in [0, 0.1) is 0 Å². The van der Waals surface area contributed by atoms with E-state index >= 15 is 0 Å². The summed E-state index contributed by atoms with van der Waals surface area (Å²) >= 11 is 0. The summed E-state index contributed by atoms with van der Waals surface area (Å²) in [5.41, 5.74) is 8.87. The first-order chi connectivity index (χ1) is 22.1. The summed E-state index contributed by atoms with van der Waals surface area (Å²) in [6.07, 6.45) is 1.34. The van der Waals surface area contributed by atoms with Gasteiger partial charge in [-0.05, 0) is 29.2 Å². The van der Waals surface area contributed by atoms with Crippen molar-refractivity contribution in [3.05, 3.63) is 108 Å². The van der Waals surface area contributed by atoms with Crippen LogP contribution in [0.25, 0.3) is 10.9 Å². The number of nitrogens with one attached hydrogen (secondary N) is 4. The van der Waals surface area contributed by atoms with E-state index in [9.17, 15) is 29.1 Å². The number of aliphatic carboxylic acids is 2.